The summed E-state index contributed by atoms with van der Waals surface area (Å²) in [5.41, 5.74) is 1.20. The van der Waals surface area contributed by atoms with E-state index in [0.717, 1.165) is 31.6 Å². The van der Waals surface area contributed by atoms with Gasteiger partial charge in [-0.25, -0.2) is 0 Å². The van der Waals surface area contributed by atoms with E-state index in [0.29, 0.717) is 6.61 Å². The van der Waals surface area contributed by atoms with Crippen LogP contribution in [0.15, 0.2) is 24.3 Å². The molecule has 0 spiro atoms. The molecule has 6 nitrogen and oxygen atoms in total. The Morgan fingerprint density at radius 2 is 1.37 bits per heavy atom. The molecule has 0 aliphatic carbocycles. The predicted molar refractivity (Wildman–Crippen MR) is 138 cm³/mol. The van der Waals surface area contributed by atoms with Crippen LogP contribution in [0, 0.1) is 0 Å². The van der Waals surface area contributed by atoms with Crippen LogP contribution in [0.1, 0.15) is 96.5 Å². The molecule has 0 amide bonds. The van der Waals surface area contributed by atoms with E-state index in [1.807, 2.05) is 26.0 Å². The number of aliphatic hydroxyl groups excluding tert-OH is 1. The molecule has 6 heteroatoms. The van der Waals surface area contributed by atoms with Gasteiger partial charge in [-0.1, -0.05) is 76.3 Å². The highest BCUT2D eigenvalue weighted by Crippen LogP contribution is 2.39. The summed E-state index contributed by atoms with van der Waals surface area (Å²) in [7, 11) is 1.69. The highest BCUT2D eigenvalue weighted by molar-refractivity contribution is 5.26. The van der Waals surface area contributed by atoms with Crippen molar-refractivity contribution in [2.45, 2.75) is 128 Å². The van der Waals surface area contributed by atoms with Crippen LogP contribution in [0.5, 0.6) is 5.75 Å². The highest BCUT2D eigenvalue weighted by Gasteiger charge is 2.54. The van der Waals surface area contributed by atoms with Gasteiger partial charge in [-0.3, -0.25) is 0 Å². The number of ether oxygens (including phenoxy) is 5. The minimum Gasteiger partial charge on any atom is -0.497 e. The molecule has 2 saturated heterocycles. The fourth-order valence-corrected chi connectivity index (χ4v) is 5.01. The van der Waals surface area contributed by atoms with Gasteiger partial charge in [-0.05, 0) is 44.4 Å². The van der Waals surface area contributed by atoms with Crippen LogP contribution in [-0.2, 0) is 25.6 Å². The van der Waals surface area contributed by atoms with Gasteiger partial charge >= 0.3 is 0 Å². The van der Waals surface area contributed by atoms with Crippen molar-refractivity contribution in [3.05, 3.63) is 29.8 Å². The van der Waals surface area contributed by atoms with E-state index in [-0.39, 0.29) is 31.0 Å². The maximum absolute atomic E-state index is 9.28. The summed E-state index contributed by atoms with van der Waals surface area (Å²) >= 11 is 0. The van der Waals surface area contributed by atoms with Crippen LogP contribution in [-0.4, -0.2) is 55.6 Å². The maximum Gasteiger partial charge on any atom is 0.163 e. The molecule has 1 aromatic rings. The molecule has 1 N–H and O–H groups in total. The Hall–Kier alpha value is -1.18. The van der Waals surface area contributed by atoms with Gasteiger partial charge in [0.1, 0.15) is 24.1 Å². The molecule has 1 aromatic carbocycles. The Labute approximate surface area is 212 Å². The third kappa shape index (κ3) is 10.4. The lowest BCUT2D eigenvalue weighted by atomic mass is 10.0. The lowest BCUT2D eigenvalue weighted by Crippen LogP contribution is -2.30. The number of benzene rings is 1. The average Bonchev–Trinajstić information content (AvgIpc) is 3.57. The summed E-state index contributed by atoms with van der Waals surface area (Å²) in [4.78, 5) is 0. The Balaban J connectivity index is 1.08. The molecule has 0 aromatic heterocycles. The Kier molecular flexibility index (Phi) is 12.3. The minimum absolute atomic E-state index is 0.00124. The van der Waals surface area contributed by atoms with Crippen molar-refractivity contribution in [3.63, 3.8) is 0 Å². The predicted octanol–water partition coefficient (Wildman–Crippen LogP) is 6.17. The lowest BCUT2D eigenvalue weighted by Gasteiger charge is -2.16. The van der Waals surface area contributed by atoms with Gasteiger partial charge in [0.2, 0.25) is 0 Å². The Morgan fingerprint density at radius 3 is 1.94 bits per heavy atom. The standard InChI is InChI=1S/C29H48O6/c1-29(2)34-25(28(35-29)27-26(21-30)33-27)15-13-11-9-7-5-4-6-8-10-12-14-20-32-22-23-16-18-24(31-3)19-17-23/h16-19,25-28,30H,4-15,20-22H2,1-3H3/t25-,26+,27-,28+/m0/s1. The summed E-state index contributed by atoms with van der Waals surface area (Å²) in [6, 6.07) is 8.08. The van der Waals surface area contributed by atoms with Gasteiger partial charge in [0, 0.05) is 6.61 Å². The summed E-state index contributed by atoms with van der Waals surface area (Å²) in [5.74, 6) is 0.338. The first kappa shape index (κ1) is 28.4. The van der Waals surface area contributed by atoms with E-state index in [2.05, 4.69) is 12.1 Å². The molecule has 2 aliphatic rings. The first-order valence-corrected chi connectivity index (χ1v) is 13.8. The fourth-order valence-electron chi connectivity index (χ4n) is 5.01. The zero-order chi connectivity index (χ0) is 24.9. The van der Waals surface area contributed by atoms with Crippen LogP contribution < -0.4 is 4.74 Å². The van der Waals surface area contributed by atoms with Crippen LogP contribution in [0.4, 0.5) is 0 Å². The molecule has 35 heavy (non-hydrogen) atoms. The first-order chi connectivity index (χ1) is 17.0. The zero-order valence-electron chi connectivity index (χ0n) is 22.2. The van der Waals surface area contributed by atoms with Crippen LogP contribution in [0.2, 0.25) is 0 Å². The van der Waals surface area contributed by atoms with Crippen LogP contribution in [0.25, 0.3) is 0 Å². The molecule has 2 heterocycles. The molecule has 200 valence electrons. The third-order valence-corrected chi connectivity index (χ3v) is 7.05. The quantitative estimate of drug-likeness (QED) is 0.184. The smallest absolute Gasteiger partial charge is 0.163 e. The largest absolute Gasteiger partial charge is 0.497 e. The summed E-state index contributed by atoms with van der Waals surface area (Å²) in [5, 5.41) is 9.28. The van der Waals surface area contributed by atoms with E-state index in [4.69, 9.17) is 23.7 Å². The summed E-state index contributed by atoms with van der Waals surface area (Å²) < 4.78 is 28.7. The van der Waals surface area contributed by atoms with Crippen LogP contribution >= 0.6 is 0 Å². The number of epoxide rings is 1. The molecule has 2 aliphatic heterocycles. The average molecular weight is 493 g/mol. The van der Waals surface area contributed by atoms with E-state index in [9.17, 15) is 5.11 Å². The first-order valence-electron chi connectivity index (χ1n) is 13.8. The zero-order valence-corrected chi connectivity index (χ0v) is 22.2. The molecule has 0 unspecified atom stereocenters. The lowest BCUT2D eigenvalue weighted by molar-refractivity contribution is -0.148. The number of hydrogen-bond donors (Lipinski definition) is 1. The topological polar surface area (TPSA) is 69.7 Å². The molecule has 0 radical (unpaired) electrons. The molecule has 3 rings (SSSR count). The molecular weight excluding hydrogens is 444 g/mol. The van der Waals surface area contributed by atoms with E-state index >= 15 is 0 Å². The molecule has 0 bridgehead atoms. The van der Waals surface area contributed by atoms with Crippen molar-refractivity contribution in [2.75, 3.05) is 20.3 Å². The van der Waals surface area contributed by atoms with Gasteiger partial charge in [0.15, 0.2) is 5.79 Å². The summed E-state index contributed by atoms with van der Waals surface area (Å²) in [6.07, 6.45) is 15.1. The van der Waals surface area contributed by atoms with Crippen molar-refractivity contribution in [2.24, 2.45) is 0 Å². The van der Waals surface area contributed by atoms with Crippen molar-refractivity contribution in [1.29, 1.82) is 0 Å². The van der Waals surface area contributed by atoms with Crippen molar-refractivity contribution in [1.82, 2.24) is 0 Å². The van der Waals surface area contributed by atoms with E-state index in [1.54, 1.807) is 7.11 Å². The number of aliphatic hydroxyl groups is 1. The normalized spacial score (nSPS) is 25.1. The molecule has 0 saturated carbocycles. The molecule has 4 atom stereocenters. The van der Waals surface area contributed by atoms with Gasteiger partial charge in [-0.15, -0.1) is 0 Å². The van der Waals surface area contributed by atoms with Gasteiger partial charge in [0.05, 0.1) is 26.4 Å². The monoisotopic (exact) mass is 492 g/mol. The van der Waals surface area contributed by atoms with E-state index < -0.39 is 5.79 Å². The second-order valence-corrected chi connectivity index (χ2v) is 10.5. The third-order valence-electron chi connectivity index (χ3n) is 7.05. The summed E-state index contributed by atoms with van der Waals surface area (Å²) in [6.45, 7) is 5.53. The van der Waals surface area contributed by atoms with E-state index in [1.165, 1.54) is 63.4 Å². The van der Waals surface area contributed by atoms with Crippen LogP contribution in [0.3, 0.4) is 0 Å². The second kappa shape index (κ2) is 15.2. The number of methoxy groups -OCH3 is 1. The SMILES string of the molecule is COc1ccc(COCCCCCCCCCCCCC[C@@H]2OC(C)(C)O[C@H]2[C@H]2O[C@@H]2CO)cc1. The number of unbranched alkanes of at least 4 members (excludes halogenated alkanes) is 10. The molecular formula is C29H48O6. The highest BCUT2D eigenvalue weighted by atomic mass is 16.8. The van der Waals surface area contributed by atoms with Crippen molar-refractivity contribution >= 4 is 0 Å². The van der Waals surface area contributed by atoms with Crippen molar-refractivity contribution < 1.29 is 28.8 Å². The van der Waals surface area contributed by atoms with Gasteiger partial charge in [-0.2, -0.15) is 0 Å². The van der Waals surface area contributed by atoms with Gasteiger partial charge < -0.3 is 28.8 Å². The second-order valence-electron chi connectivity index (χ2n) is 10.5. The fraction of sp³-hybridized carbons (Fsp3) is 0.793. The number of rotatable bonds is 19. The Morgan fingerprint density at radius 1 is 0.771 bits per heavy atom. The maximum atomic E-state index is 9.28. The Bertz CT molecular complexity index is 691. The minimum atomic E-state index is -0.550. The number of hydrogen-bond acceptors (Lipinski definition) is 6. The van der Waals surface area contributed by atoms with Crippen molar-refractivity contribution in [3.8, 4) is 5.75 Å². The van der Waals surface area contributed by atoms with Gasteiger partial charge in [0.25, 0.3) is 0 Å². The molecule has 2 fully saturated rings.